The van der Waals surface area contributed by atoms with Gasteiger partial charge in [0.05, 0.1) is 11.4 Å². The third kappa shape index (κ3) is 6.10. The van der Waals surface area contributed by atoms with E-state index in [0.29, 0.717) is 11.4 Å². The molecule has 4 N–H and O–H groups in total. The van der Waals surface area contributed by atoms with Gasteiger partial charge in [-0.1, -0.05) is 31.4 Å². The topological polar surface area (TPSA) is 84.2 Å². The van der Waals surface area contributed by atoms with Crippen LogP contribution in [0.25, 0.3) is 0 Å². The van der Waals surface area contributed by atoms with E-state index in [0.717, 1.165) is 25.7 Å². The molecule has 1 aromatic rings. The van der Waals surface area contributed by atoms with Crippen LogP contribution in [0.2, 0.25) is 0 Å². The minimum absolute atomic E-state index is 0. The van der Waals surface area contributed by atoms with Crippen molar-refractivity contribution in [1.82, 2.24) is 5.32 Å². The van der Waals surface area contributed by atoms with Crippen molar-refractivity contribution in [3.63, 3.8) is 0 Å². The van der Waals surface area contributed by atoms with Gasteiger partial charge in [0, 0.05) is 18.4 Å². The first kappa shape index (κ1) is 19.3. The SMILES string of the molecule is CC(CC(=O)Nc1ccccc1N)NC(=O)C1CCCCC1.Cl. The summed E-state index contributed by atoms with van der Waals surface area (Å²) >= 11 is 0. The Morgan fingerprint density at radius 2 is 1.87 bits per heavy atom. The predicted octanol–water partition coefficient (Wildman–Crippen LogP) is 3.10. The Morgan fingerprint density at radius 3 is 2.52 bits per heavy atom. The van der Waals surface area contributed by atoms with E-state index in [1.807, 2.05) is 19.1 Å². The molecule has 128 valence electrons. The number of carbonyl (C=O) groups is 2. The summed E-state index contributed by atoms with van der Waals surface area (Å²) in [5, 5.41) is 5.73. The van der Waals surface area contributed by atoms with Crippen LogP contribution in [0.5, 0.6) is 0 Å². The van der Waals surface area contributed by atoms with Crippen molar-refractivity contribution >= 4 is 35.6 Å². The summed E-state index contributed by atoms with van der Waals surface area (Å²) in [5.41, 5.74) is 6.94. The molecule has 0 spiro atoms. The Morgan fingerprint density at radius 1 is 1.22 bits per heavy atom. The molecule has 0 radical (unpaired) electrons. The summed E-state index contributed by atoms with van der Waals surface area (Å²) in [6.45, 7) is 1.86. The quantitative estimate of drug-likeness (QED) is 0.721. The number of nitrogens with two attached hydrogens (primary N) is 1. The standard InChI is InChI=1S/C17H25N3O2.ClH/c1-12(19-17(22)13-7-3-2-4-8-13)11-16(21)20-15-10-6-5-9-14(15)18;/h5-6,9-10,12-13H,2-4,7-8,11,18H2,1H3,(H,19,22)(H,20,21);1H. The number of rotatable bonds is 5. The van der Waals surface area contributed by atoms with Crippen molar-refractivity contribution in [3.05, 3.63) is 24.3 Å². The molecule has 1 unspecified atom stereocenters. The molecule has 1 fully saturated rings. The maximum absolute atomic E-state index is 12.1. The number of para-hydroxylation sites is 2. The van der Waals surface area contributed by atoms with Crippen LogP contribution in [0.15, 0.2) is 24.3 Å². The molecule has 2 rings (SSSR count). The highest BCUT2D eigenvalue weighted by molar-refractivity contribution is 5.94. The van der Waals surface area contributed by atoms with E-state index in [9.17, 15) is 9.59 Å². The normalized spacial score (nSPS) is 16.0. The number of anilines is 2. The lowest BCUT2D eigenvalue weighted by Gasteiger charge is -2.23. The Kier molecular flexibility index (Phi) is 7.89. The van der Waals surface area contributed by atoms with Crippen molar-refractivity contribution in [2.45, 2.75) is 51.5 Å². The molecular formula is C17H26ClN3O2. The summed E-state index contributed by atoms with van der Waals surface area (Å²) in [6.07, 6.45) is 5.64. The van der Waals surface area contributed by atoms with Crippen LogP contribution in [0, 0.1) is 5.92 Å². The maximum atomic E-state index is 12.1. The van der Waals surface area contributed by atoms with Gasteiger partial charge in [0.1, 0.15) is 0 Å². The summed E-state index contributed by atoms with van der Waals surface area (Å²) in [5.74, 6) is 0.0533. The van der Waals surface area contributed by atoms with Gasteiger partial charge >= 0.3 is 0 Å². The van der Waals surface area contributed by atoms with Crippen molar-refractivity contribution < 1.29 is 9.59 Å². The Bertz CT molecular complexity index is 530. The first-order valence-corrected chi connectivity index (χ1v) is 8.01. The summed E-state index contributed by atoms with van der Waals surface area (Å²) < 4.78 is 0. The zero-order valence-corrected chi connectivity index (χ0v) is 14.3. The molecule has 1 aliphatic carbocycles. The van der Waals surface area contributed by atoms with Crippen LogP contribution >= 0.6 is 12.4 Å². The lowest BCUT2D eigenvalue weighted by atomic mass is 9.88. The number of hydrogen-bond acceptors (Lipinski definition) is 3. The van der Waals surface area contributed by atoms with Crippen LogP contribution in [-0.2, 0) is 9.59 Å². The molecule has 1 aromatic carbocycles. The van der Waals surface area contributed by atoms with Crippen LogP contribution in [-0.4, -0.2) is 17.9 Å². The molecule has 2 amide bonds. The summed E-state index contributed by atoms with van der Waals surface area (Å²) in [4.78, 5) is 24.2. The third-order valence-electron chi connectivity index (χ3n) is 4.09. The number of halogens is 1. The van der Waals surface area contributed by atoms with Gasteiger partial charge in [0.15, 0.2) is 0 Å². The molecule has 0 heterocycles. The molecule has 1 saturated carbocycles. The predicted molar refractivity (Wildman–Crippen MR) is 95.5 cm³/mol. The van der Waals surface area contributed by atoms with E-state index in [4.69, 9.17) is 5.73 Å². The van der Waals surface area contributed by atoms with Gasteiger partial charge in [0.2, 0.25) is 11.8 Å². The molecule has 1 aliphatic rings. The molecule has 0 bridgehead atoms. The highest BCUT2D eigenvalue weighted by atomic mass is 35.5. The van der Waals surface area contributed by atoms with Crippen molar-refractivity contribution in [2.24, 2.45) is 5.92 Å². The molecule has 1 atom stereocenters. The van der Waals surface area contributed by atoms with E-state index in [1.165, 1.54) is 6.42 Å². The molecule has 0 aliphatic heterocycles. The fraction of sp³-hybridized carbons (Fsp3) is 0.529. The minimum atomic E-state index is -0.181. The molecule has 5 nitrogen and oxygen atoms in total. The first-order valence-electron chi connectivity index (χ1n) is 8.01. The molecule has 23 heavy (non-hydrogen) atoms. The highest BCUT2D eigenvalue weighted by Crippen LogP contribution is 2.23. The Balaban J connectivity index is 0.00000264. The maximum Gasteiger partial charge on any atom is 0.226 e. The number of hydrogen-bond donors (Lipinski definition) is 3. The van der Waals surface area contributed by atoms with E-state index in [1.54, 1.807) is 12.1 Å². The van der Waals surface area contributed by atoms with E-state index in [2.05, 4.69) is 10.6 Å². The van der Waals surface area contributed by atoms with Crippen molar-refractivity contribution in [2.75, 3.05) is 11.1 Å². The average molecular weight is 340 g/mol. The van der Waals surface area contributed by atoms with Crippen LogP contribution in [0.4, 0.5) is 11.4 Å². The fourth-order valence-electron chi connectivity index (χ4n) is 2.87. The van der Waals surface area contributed by atoms with Gasteiger partial charge in [-0.25, -0.2) is 0 Å². The van der Waals surface area contributed by atoms with Crippen molar-refractivity contribution in [3.8, 4) is 0 Å². The Hall–Kier alpha value is -1.75. The van der Waals surface area contributed by atoms with Gasteiger partial charge in [0.25, 0.3) is 0 Å². The number of amides is 2. The van der Waals surface area contributed by atoms with Gasteiger partial charge < -0.3 is 16.4 Å². The Labute approximate surface area is 143 Å². The number of benzene rings is 1. The van der Waals surface area contributed by atoms with E-state index < -0.39 is 0 Å². The second-order valence-electron chi connectivity index (χ2n) is 6.08. The second-order valence-corrected chi connectivity index (χ2v) is 6.08. The molecular weight excluding hydrogens is 314 g/mol. The zero-order chi connectivity index (χ0) is 15.9. The monoisotopic (exact) mass is 339 g/mol. The number of nitrogens with one attached hydrogen (secondary N) is 2. The van der Waals surface area contributed by atoms with Crippen molar-refractivity contribution in [1.29, 1.82) is 0 Å². The fourth-order valence-corrected chi connectivity index (χ4v) is 2.87. The largest absolute Gasteiger partial charge is 0.397 e. The molecule has 0 aromatic heterocycles. The van der Waals surface area contributed by atoms with E-state index >= 15 is 0 Å². The third-order valence-corrected chi connectivity index (χ3v) is 4.09. The highest BCUT2D eigenvalue weighted by Gasteiger charge is 2.22. The lowest BCUT2D eigenvalue weighted by molar-refractivity contribution is -0.126. The van der Waals surface area contributed by atoms with Gasteiger partial charge in [-0.3, -0.25) is 9.59 Å². The lowest BCUT2D eigenvalue weighted by Crippen LogP contribution is -2.39. The van der Waals surface area contributed by atoms with Gasteiger partial charge in [-0.15, -0.1) is 12.4 Å². The van der Waals surface area contributed by atoms with Gasteiger partial charge in [-0.2, -0.15) is 0 Å². The summed E-state index contributed by atoms with van der Waals surface area (Å²) in [7, 11) is 0. The van der Waals surface area contributed by atoms with Gasteiger partial charge in [-0.05, 0) is 31.9 Å². The second kappa shape index (κ2) is 9.40. The average Bonchev–Trinajstić information content (AvgIpc) is 2.50. The van der Waals surface area contributed by atoms with Crippen LogP contribution in [0.3, 0.4) is 0 Å². The van der Waals surface area contributed by atoms with Crippen LogP contribution in [0.1, 0.15) is 45.4 Å². The molecule has 0 saturated heterocycles. The smallest absolute Gasteiger partial charge is 0.226 e. The minimum Gasteiger partial charge on any atom is -0.397 e. The van der Waals surface area contributed by atoms with E-state index in [-0.39, 0.29) is 42.6 Å². The zero-order valence-electron chi connectivity index (χ0n) is 13.5. The molecule has 6 heteroatoms. The number of carbonyl (C=O) groups excluding carboxylic acids is 2. The number of nitrogen functional groups attached to an aromatic ring is 1. The summed E-state index contributed by atoms with van der Waals surface area (Å²) in [6, 6.07) is 6.96. The van der Waals surface area contributed by atoms with Crippen LogP contribution < -0.4 is 16.4 Å². The first-order chi connectivity index (χ1) is 10.6.